The minimum absolute atomic E-state index is 0.0183. The van der Waals surface area contributed by atoms with Gasteiger partial charge in [-0.05, 0) is 67.9 Å². The SMILES string of the molecule is CC(=O)[C@@]1(O)CC[C@H]2[C@@H]3C(=O)C(O)C4=CC(=O)CC[C@]4(C)[C@H]3CC[C@@]21C. The number of rotatable bonds is 1. The molecule has 0 aromatic carbocycles. The zero-order chi connectivity index (χ0) is 19.1. The maximum atomic E-state index is 13.2. The van der Waals surface area contributed by atoms with Crippen molar-refractivity contribution < 1.29 is 24.6 Å². The zero-order valence-electron chi connectivity index (χ0n) is 15.7. The summed E-state index contributed by atoms with van der Waals surface area (Å²) >= 11 is 0. The number of ketones is 3. The number of aliphatic hydroxyl groups excluding tert-OH is 1. The molecule has 0 aromatic rings. The maximum absolute atomic E-state index is 13.2. The summed E-state index contributed by atoms with van der Waals surface area (Å²) in [4.78, 5) is 37.3. The van der Waals surface area contributed by atoms with Crippen molar-refractivity contribution in [2.45, 2.75) is 71.0 Å². The predicted molar refractivity (Wildman–Crippen MR) is 94.1 cm³/mol. The molecule has 0 aliphatic heterocycles. The molecular formula is C21H28O5. The van der Waals surface area contributed by atoms with Crippen LogP contribution < -0.4 is 0 Å². The van der Waals surface area contributed by atoms with Gasteiger partial charge >= 0.3 is 0 Å². The Labute approximate surface area is 153 Å². The van der Waals surface area contributed by atoms with E-state index in [1.165, 1.54) is 13.0 Å². The molecule has 26 heavy (non-hydrogen) atoms. The van der Waals surface area contributed by atoms with Crippen molar-refractivity contribution in [3.05, 3.63) is 11.6 Å². The molecule has 7 atom stereocenters. The first kappa shape index (κ1) is 18.1. The number of carbonyl (C=O) groups is 3. The van der Waals surface area contributed by atoms with Gasteiger partial charge in [0.1, 0.15) is 11.7 Å². The molecule has 0 spiro atoms. The van der Waals surface area contributed by atoms with Crippen molar-refractivity contribution in [1.29, 1.82) is 0 Å². The van der Waals surface area contributed by atoms with E-state index in [2.05, 4.69) is 6.92 Å². The average Bonchev–Trinajstić information content (AvgIpc) is 2.87. The van der Waals surface area contributed by atoms with Crippen LogP contribution in [-0.4, -0.2) is 39.3 Å². The number of aliphatic hydroxyl groups is 2. The fourth-order valence-electron chi connectivity index (χ4n) is 6.91. The first-order valence-corrected chi connectivity index (χ1v) is 9.76. The lowest BCUT2D eigenvalue weighted by atomic mass is 9.45. The van der Waals surface area contributed by atoms with Crippen LogP contribution in [0.2, 0.25) is 0 Å². The van der Waals surface area contributed by atoms with Crippen molar-refractivity contribution >= 4 is 17.3 Å². The van der Waals surface area contributed by atoms with Crippen molar-refractivity contribution in [2.75, 3.05) is 0 Å². The van der Waals surface area contributed by atoms with Crippen LogP contribution in [0.15, 0.2) is 11.6 Å². The molecule has 0 bridgehead atoms. The molecule has 0 heterocycles. The second kappa shape index (κ2) is 5.35. The normalized spacial score (nSPS) is 50.6. The van der Waals surface area contributed by atoms with Crippen molar-refractivity contribution in [2.24, 2.45) is 28.6 Å². The Morgan fingerprint density at radius 2 is 1.77 bits per heavy atom. The molecule has 2 N–H and O–H groups in total. The fourth-order valence-corrected chi connectivity index (χ4v) is 6.91. The third kappa shape index (κ3) is 1.96. The molecule has 4 rings (SSSR count). The highest BCUT2D eigenvalue weighted by Crippen LogP contribution is 2.66. The van der Waals surface area contributed by atoms with E-state index in [0.717, 1.165) is 6.42 Å². The van der Waals surface area contributed by atoms with E-state index < -0.39 is 17.1 Å². The largest absolute Gasteiger partial charge is 0.382 e. The molecule has 5 nitrogen and oxygen atoms in total. The number of carbonyl (C=O) groups excluding carboxylic acids is 3. The zero-order valence-corrected chi connectivity index (χ0v) is 15.7. The highest BCUT2D eigenvalue weighted by Gasteiger charge is 2.68. The van der Waals surface area contributed by atoms with Crippen LogP contribution >= 0.6 is 0 Å². The van der Waals surface area contributed by atoms with E-state index in [1.54, 1.807) is 0 Å². The Morgan fingerprint density at radius 3 is 2.42 bits per heavy atom. The van der Waals surface area contributed by atoms with Crippen LogP contribution in [0.25, 0.3) is 0 Å². The average molecular weight is 360 g/mol. The van der Waals surface area contributed by atoms with E-state index in [9.17, 15) is 24.6 Å². The maximum Gasteiger partial charge on any atom is 0.169 e. The van der Waals surface area contributed by atoms with E-state index in [0.29, 0.717) is 37.7 Å². The summed E-state index contributed by atoms with van der Waals surface area (Å²) in [5.74, 6) is -0.863. The van der Waals surface area contributed by atoms with Gasteiger partial charge in [0.2, 0.25) is 0 Å². The first-order valence-electron chi connectivity index (χ1n) is 9.76. The number of hydrogen-bond donors (Lipinski definition) is 2. The van der Waals surface area contributed by atoms with Gasteiger partial charge < -0.3 is 10.2 Å². The number of Topliss-reactive ketones (excluding diaryl/α,β-unsaturated/α-hetero) is 2. The molecule has 142 valence electrons. The minimum Gasteiger partial charge on any atom is -0.382 e. The predicted octanol–water partition coefficient (Wildman–Crippen LogP) is 1.99. The summed E-state index contributed by atoms with van der Waals surface area (Å²) in [5, 5.41) is 21.9. The van der Waals surface area contributed by atoms with Crippen LogP contribution in [0, 0.1) is 28.6 Å². The topological polar surface area (TPSA) is 91.7 Å². The Morgan fingerprint density at radius 1 is 1.12 bits per heavy atom. The van der Waals surface area contributed by atoms with Gasteiger partial charge in [-0.2, -0.15) is 0 Å². The summed E-state index contributed by atoms with van der Waals surface area (Å²) in [5.41, 5.74) is -1.78. The molecule has 3 fully saturated rings. The van der Waals surface area contributed by atoms with Crippen molar-refractivity contribution in [3.8, 4) is 0 Å². The molecule has 0 saturated heterocycles. The fraction of sp³-hybridized carbons (Fsp3) is 0.762. The van der Waals surface area contributed by atoms with Crippen LogP contribution in [0.3, 0.4) is 0 Å². The van der Waals surface area contributed by atoms with Crippen LogP contribution in [0.4, 0.5) is 0 Å². The lowest BCUT2D eigenvalue weighted by molar-refractivity contribution is -0.169. The summed E-state index contributed by atoms with van der Waals surface area (Å²) in [6.45, 7) is 5.46. The van der Waals surface area contributed by atoms with Gasteiger partial charge in [0, 0.05) is 17.8 Å². The van der Waals surface area contributed by atoms with Crippen molar-refractivity contribution in [1.82, 2.24) is 0 Å². The quantitative estimate of drug-likeness (QED) is 0.746. The van der Waals surface area contributed by atoms with Gasteiger partial charge in [0.15, 0.2) is 17.3 Å². The number of fused-ring (bicyclic) bond motifs is 5. The first-order chi connectivity index (χ1) is 12.1. The molecule has 4 aliphatic carbocycles. The van der Waals surface area contributed by atoms with Gasteiger partial charge in [-0.1, -0.05) is 13.8 Å². The third-order valence-corrected chi connectivity index (χ3v) is 8.58. The summed E-state index contributed by atoms with van der Waals surface area (Å²) in [6, 6.07) is 0. The molecular weight excluding hydrogens is 332 g/mol. The minimum atomic E-state index is -1.38. The second-order valence-corrected chi connectivity index (χ2v) is 9.44. The van der Waals surface area contributed by atoms with E-state index in [1.807, 2.05) is 6.92 Å². The van der Waals surface area contributed by atoms with Gasteiger partial charge in [0.25, 0.3) is 0 Å². The standard InChI is InChI=1S/C21H28O5/c1-11(22)21(26)9-6-14-16-13(5-8-20(14,21)3)19(2)7-4-12(23)10-15(19)17(24)18(16)25/h10,13-14,16-17,24,26H,4-9H2,1-3H3/t13-,14-,16+,17?,19+,20-,21-/m0/s1. The number of hydrogen-bond acceptors (Lipinski definition) is 5. The molecule has 0 aromatic heterocycles. The van der Waals surface area contributed by atoms with E-state index in [4.69, 9.17) is 0 Å². The highest BCUT2D eigenvalue weighted by atomic mass is 16.3. The van der Waals surface area contributed by atoms with Crippen LogP contribution in [-0.2, 0) is 14.4 Å². The smallest absolute Gasteiger partial charge is 0.169 e. The molecule has 3 saturated carbocycles. The van der Waals surface area contributed by atoms with E-state index in [-0.39, 0.29) is 40.5 Å². The monoisotopic (exact) mass is 360 g/mol. The lowest BCUT2D eigenvalue weighted by Crippen LogP contribution is -2.61. The Kier molecular flexibility index (Phi) is 3.72. The van der Waals surface area contributed by atoms with Gasteiger partial charge in [-0.15, -0.1) is 0 Å². The van der Waals surface area contributed by atoms with Gasteiger partial charge in [0.05, 0.1) is 0 Å². The Balaban J connectivity index is 1.80. The van der Waals surface area contributed by atoms with Gasteiger partial charge in [-0.25, -0.2) is 0 Å². The van der Waals surface area contributed by atoms with E-state index >= 15 is 0 Å². The summed E-state index contributed by atoms with van der Waals surface area (Å²) in [7, 11) is 0. The molecule has 4 aliphatic rings. The molecule has 1 unspecified atom stereocenters. The van der Waals surface area contributed by atoms with Crippen molar-refractivity contribution in [3.63, 3.8) is 0 Å². The summed E-state index contributed by atoms with van der Waals surface area (Å²) in [6.07, 6.45) is 3.79. The Bertz CT molecular complexity index is 739. The third-order valence-electron chi connectivity index (χ3n) is 8.58. The lowest BCUT2D eigenvalue weighted by Gasteiger charge is -2.58. The molecule has 0 amide bonds. The van der Waals surface area contributed by atoms with Crippen LogP contribution in [0.5, 0.6) is 0 Å². The summed E-state index contributed by atoms with van der Waals surface area (Å²) < 4.78 is 0. The Hall–Kier alpha value is -1.33. The van der Waals surface area contributed by atoms with Crippen LogP contribution in [0.1, 0.15) is 59.3 Å². The molecule has 5 heteroatoms. The second-order valence-electron chi connectivity index (χ2n) is 9.44. The highest BCUT2D eigenvalue weighted by molar-refractivity contribution is 5.97. The molecule has 0 radical (unpaired) electrons. The van der Waals surface area contributed by atoms with Gasteiger partial charge in [-0.3, -0.25) is 14.4 Å².